The van der Waals surface area contributed by atoms with Crippen LogP contribution >= 0.6 is 11.6 Å². The largest absolute Gasteiger partial charge is 0.369 e. The number of carbonyl (C=O) groups excluding carboxylic acids is 1. The second-order valence-corrected chi connectivity index (χ2v) is 11.6. The van der Waals surface area contributed by atoms with E-state index in [0.29, 0.717) is 50.3 Å². The normalized spacial score (nSPS) is 18.6. The Hall–Kier alpha value is -2.14. The first kappa shape index (κ1) is 25.0. The summed E-state index contributed by atoms with van der Waals surface area (Å²) in [7, 11) is -2.27. The van der Waals surface area contributed by atoms with Crippen molar-refractivity contribution in [3.63, 3.8) is 0 Å². The Morgan fingerprint density at radius 1 is 1.03 bits per heavy atom. The molecule has 186 valence electrons. The molecular weight excluding hydrogens is 476 g/mol. The minimum atomic E-state index is -3.91. The van der Waals surface area contributed by atoms with Crippen molar-refractivity contribution in [1.29, 1.82) is 0 Å². The maximum absolute atomic E-state index is 13.5. The average molecular weight is 509 g/mol. The number of aromatic nitrogens is 2. The summed E-state index contributed by atoms with van der Waals surface area (Å²) < 4.78 is 29.9. The highest BCUT2D eigenvalue weighted by Gasteiger charge is 2.36. The fourth-order valence-corrected chi connectivity index (χ4v) is 6.34. The first-order valence-electron chi connectivity index (χ1n) is 11.7. The number of hydrogen-bond acceptors (Lipinski definition) is 6. The Labute approximate surface area is 206 Å². The zero-order chi connectivity index (χ0) is 24.6. The molecule has 2 aromatic rings. The maximum atomic E-state index is 13.5. The van der Waals surface area contributed by atoms with E-state index < -0.39 is 10.0 Å². The van der Waals surface area contributed by atoms with E-state index in [1.165, 1.54) is 15.2 Å². The lowest BCUT2D eigenvalue weighted by Crippen LogP contribution is -2.51. The second kappa shape index (κ2) is 9.85. The van der Waals surface area contributed by atoms with Crippen LogP contribution in [0.3, 0.4) is 0 Å². The molecule has 4 rings (SSSR count). The Balaban J connectivity index is 1.49. The van der Waals surface area contributed by atoms with Crippen LogP contribution in [0.25, 0.3) is 0 Å². The van der Waals surface area contributed by atoms with Crippen LogP contribution in [0.15, 0.2) is 29.4 Å². The van der Waals surface area contributed by atoms with Crippen LogP contribution < -0.4 is 4.90 Å². The maximum Gasteiger partial charge on any atom is 0.263 e. The van der Waals surface area contributed by atoms with Gasteiger partial charge in [0.25, 0.3) is 15.9 Å². The van der Waals surface area contributed by atoms with Crippen LogP contribution in [0.5, 0.6) is 0 Å². The molecule has 0 aliphatic carbocycles. The summed E-state index contributed by atoms with van der Waals surface area (Å²) in [5.41, 5.74) is 2.25. The van der Waals surface area contributed by atoms with E-state index in [4.69, 9.17) is 11.6 Å². The van der Waals surface area contributed by atoms with E-state index in [1.807, 2.05) is 25.1 Å². The molecule has 0 bridgehead atoms. The number of benzene rings is 1. The number of sulfonamides is 1. The van der Waals surface area contributed by atoms with Crippen molar-refractivity contribution >= 4 is 33.2 Å². The standard InChI is InChI=1S/C23H33ClN6O3S/c1-17(2)27-7-9-29(10-8-27)23(31)20-16-26(4)25-22(20)34(32,33)30-13-11-28(12-14-30)21-15-19(24)6-5-18(21)3/h5-6,15-17H,7-14H2,1-4H3. The Morgan fingerprint density at radius 3 is 2.29 bits per heavy atom. The Morgan fingerprint density at radius 2 is 1.68 bits per heavy atom. The fourth-order valence-electron chi connectivity index (χ4n) is 4.63. The van der Waals surface area contributed by atoms with E-state index in [1.54, 1.807) is 11.9 Å². The summed E-state index contributed by atoms with van der Waals surface area (Å²) in [6.07, 6.45) is 1.52. The topological polar surface area (TPSA) is 82.0 Å². The van der Waals surface area contributed by atoms with Crippen molar-refractivity contribution in [2.45, 2.75) is 31.8 Å². The van der Waals surface area contributed by atoms with Crippen molar-refractivity contribution < 1.29 is 13.2 Å². The number of anilines is 1. The predicted octanol–water partition coefficient (Wildman–Crippen LogP) is 2.06. The summed E-state index contributed by atoms with van der Waals surface area (Å²) in [5.74, 6) is -0.275. The van der Waals surface area contributed by atoms with Gasteiger partial charge >= 0.3 is 0 Å². The van der Waals surface area contributed by atoms with Gasteiger partial charge in [0.15, 0.2) is 0 Å². The number of nitrogens with zero attached hydrogens (tertiary/aromatic N) is 6. The van der Waals surface area contributed by atoms with Gasteiger partial charge < -0.3 is 9.80 Å². The molecule has 2 aliphatic rings. The van der Waals surface area contributed by atoms with Crippen LogP contribution in [-0.4, -0.2) is 96.6 Å². The molecule has 0 atom stereocenters. The molecule has 1 aromatic heterocycles. The molecule has 1 aromatic carbocycles. The number of carbonyl (C=O) groups is 1. The van der Waals surface area contributed by atoms with Gasteiger partial charge in [-0.25, -0.2) is 8.42 Å². The van der Waals surface area contributed by atoms with Gasteiger partial charge in [-0.15, -0.1) is 0 Å². The molecule has 0 spiro atoms. The lowest BCUT2D eigenvalue weighted by atomic mass is 10.1. The van der Waals surface area contributed by atoms with Crippen molar-refractivity contribution in [3.05, 3.63) is 40.5 Å². The Bertz CT molecular complexity index is 1150. The third-order valence-electron chi connectivity index (χ3n) is 6.69. The van der Waals surface area contributed by atoms with Crippen molar-refractivity contribution in [1.82, 2.24) is 23.9 Å². The third-order valence-corrected chi connectivity index (χ3v) is 8.76. The third kappa shape index (κ3) is 4.95. The molecule has 34 heavy (non-hydrogen) atoms. The summed E-state index contributed by atoms with van der Waals surface area (Å²) in [5, 5.41) is 4.72. The SMILES string of the molecule is Cc1ccc(Cl)cc1N1CCN(S(=O)(=O)c2nn(C)cc2C(=O)N2CCN(C(C)C)CC2)CC1. The molecule has 0 radical (unpaired) electrons. The van der Waals surface area contributed by atoms with Gasteiger partial charge in [0.1, 0.15) is 0 Å². The van der Waals surface area contributed by atoms with Crippen LogP contribution in [-0.2, 0) is 17.1 Å². The van der Waals surface area contributed by atoms with Crippen LogP contribution in [0.2, 0.25) is 5.02 Å². The van der Waals surface area contributed by atoms with Gasteiger partial charge in [-0.2, -0.15) is 9.40 Å². The molecule has 9 nitrogen and oxygen atoms in total. The molecule has 11 heteroatoms. The van der Waals surface area contributed by atoms with Crippen LogP contribution in [0, 0.1) is 6.92 Å². The van der Waals surface area contributed by atoms with Crippen molar-refractivity contribution in [2.24, 2.45) is 7.05 Å². The summed E-state index contributed by atoms with van der Waals surface area (Å²) in [6.45, 7) is 10.7. The molecule has 2 saturated heterocycles. The van der Waals surface area contributed by atoms with Gasteiger partial charge in [-0.3, -0.25) is 14.4 Å². The van der Waals surface area contributed by atoms with Crippen molar-refractivity contribution in [3.8, 4) is 0 Å². The van der Waals surface area contributed by atoms with E-state index >= 15 is 0 Å². The molecule has 3 heterocycles. The summed E-state index contributed by atoms with van der Waals surface area (Å²) in [4.78, 5) is 19.5. The lowest BCUT2D eigenvalue weighted by Gasteiger charge is -2.37. The van der Waals surface area contributed by atoms with Crippen molar-refractivity contribution in [2.75, 3.05) is 57.3 Å². The van der Waals surface area contributed by atoms with E-state index in [9.17, 15) is 13.2 Å². The first-order valence-corrected chi connectivity index (χ1v) is 13.5. The quantitative estimate of drug-likeness (QED) is 0.615. The highest BCUT2D eigenvalue weighted by Crippen LogP contribution is 2.27. The van der Waals surface area contributed by atoms with Gasteiger partial charge in [0, 0.05) is 82.4 Å². The highest BCUT2D eigenvalue weighted by atomic mass is 35.5. The predicted molar refractivity (Wildman–Crippen MR) is 133 cm³/mol. The van der Waals surface area contributed by atoms with Crippen LogP contribution in [0.4, 0.5) is 5.69 Å². The minimum absolute atomic E-state index is 0.147. The summed E-state index contributed by atoms with van der Waals surface area (Å²) in [6, 6.07) is 6.15. The van der Waals surface area contributed by atoms with E-state index in [0.717, 1.165) is 24.3 Å². The zero-order valence-corrected chi connectivity index (χ0v) is 21.8. The number of rotatable bonds is 5. The number of piperazine rings is 2. The molecule has 2 fully saturated rings. The lowest BCUT2D eigenvalue weighted by molar-refractivity contribution is 0.0591. The van der Waals surface area contributed by atoms with E-state index in [-0.39, 0.29) is 16.5 Å². The molecule has 0 saturated carbocycles. The molecule has 1 amide bonds. The number of hydrogen-bond donors (Lipinski definition) is 0. The molecule has 2 aliphatic heterocycles. The molecular formula is C23H33ClN6O3S. The van der Waals surface area contributed by atoms with Gasteiger partial charge in [-0.1, -0.05) is 17.7 Å². The zero-order valence-electron chi connectivity index (χ0n) is 20.2. The summed E-state index contributed by atoms with van der Waals surface area (Å²) >= 11 is 6.17. The highest BCUT2D eigenvalue weighted by molar-refractivity contribution is 7.89. The van der Waals surface area contributed by atoms with Crippen LogP contribution in [0.1, 0.15) is 29.8 Å². The molecule has 0 unspecified atom stereocenters. The second-order valence-electron chi connectivity index (χ2n) is 9.27. The number of halogens is 1. The Kier molecular flexibility index (Phi) is 7.23. The van der Waals surface area contributed by atoms with Gasteiger partial charge in [-0.05, 0) is 38.5 Å². The van der Waals surface area contributed by atoms with Gasteiger partial charge in [0.05, 0.1) is 5.56 Å². The first-order chi connectivity index (χ1) is 16.1. The minimum Gasteiger partial charge on any atom is -0.369 e. The smallest absolute Gasteiger partial charge is 0.263 e. The molecule has 0 N–H and O–H groups in total. The number of amides is 1. The van der Waals surface area contributed by atoms with E-state index in [2.05, 4.69) is 28.7 Å². The van der Waals surface area contributed by atoms with Gasteiger partial charge in [0.2, 0.25) is 5.03 Å². The average Bonchev–Trinajstić information content (AvgIpc) is 3.23. The monoisotopic (exact) mass is 508 g/mol. The number of aryl methyl sites for hydroxylation is 2. The fraction of sp³-hybridized carbons (Fsp3) is 0.565.